The lowest BCUT2D eigenvalue weighted by atomic mass is 10.2. The molecule has 0 rings (SSSR count). The quantitative estimate of drug-likeness (QED) is 0.307. The van der Waals surface area contributed by atoms with Crippen LogP contribution in [0, 0.1) is 0 Å². The van der Waals surface area contributed by atoms with Gasteiger partial charge >= 0.3 is 0 Å². The summed E-state index contributed by atoms with van der Waals surface area (Å²) >= 11 is 0. The van der Waals surface area contributed by atoms with Crippen molar-refractivity contribution in [2.45, 2.75) is 46.0 Å². The number of hydrazine groups is 1. The Morgan fingerprint density at radius 3 is 2.54 bits per heavy atom. The lowest BCUT2D eigenvalue weighted by Crippen LogP contribution is -2.21. The van der Waals surface area contributed by atoms with Crippen LogP contribution >= 0.6 is 0 Å². The number of hydrogen-bond acceptors (Lipinski definition) is 3. The predicted molar refractivity (Wildman–Crippen MR) is 57.8 cm³/mol. The molecule has 0 saturated heterocycles. The fraction of sp³-hybridized carbons (Fsp3) is 0.800. The summed E-state index contributed by atoms with van der Waals surface area (Å²) in [7, 11) is 0. The van der Waals surface area contributed by atoms with Gasteiger partial charge in [0.2, 0.25) is 0 Å². The van der Waals surface area contributed by atoms with Crippen LogP contribution in [-0.4, -0.2) is 6.54 Å². The second kappa shape index (κ2) is 9.39. The van der Waals surface area contributed by atoms with Crippen LogP contribution in [0.4, 0.5) is 0 Å². The topological polar surface area (TPSA) is 50.1 Å². The van der Waals surface area contributed by atoms with Gasteiger partial charge < -0.3 is 10.7 Å². The summed E-state index contributed by atoms with van der Waals surface area (Å²) in [5.74, 6) is 5.22. The third-order valence-electron chi connectivity index (χ3n) is 1.91. The van der Waals surface area contributed by atoms with Crippen molar-refractivity contribution in [3.8, 4) is 0 Å². The normalized spacial score (nSPS) is 11.5. The average molecular weight is 185 g/mol. The van der Waals surface area contributed by atoms with E-state index in [4.69, 9.17) is 5.84 Å². The minimum Gasteiger partial charge on any atom is -0.387 e. The van der Waals surface area contributed by atoms with E-state index in [9.17, 15) is 0 Å². The van der Waals surface area contributed by atoms with E-state index in [0.29, 0.717) is 0 Å². The Bertz CT molecular complexity index is 132. The van der Waals surface area contributed by atoms with Crippen LogP contribution in [0.3, 0.4) is 0 Å². The predicted octanol–water partition coefficient (Wildman–Crippen LogP) is 1.87. The molecule has 0 aromatic rings. The molecule has 0 saturated carbocycles. The van der Waals surface area contributed by atoms with E-state index in [1.165, 1.54) is 25.0 Å². The molecule has 0 aromatic heterocycles. The lowest BCUT2D eigenvalue weighted by molar-refractivity contribution is 0.643. The van der Waals surface area contributed by atoms with E-state index in [0.717, 1.165) is 19.4 Å². The van der Waals surface area contributed by atoms with E-state index in [1.54, 1.807) is 0 Å². The molecular weight excluding hydrogens is 162 g/mol. The fourth-order valence-electron chi connectivity index (χ4n) is 1.21. The van der Waals surface area contributed by atoms with E-state index >= 15 is 0 Å². The van der Waals surface area contributed by atoms with Crippen LogP contribution in [-0.2, 0) is 0 Å². The second-order valence-electron chi connectivity index (χ2n) is 3.22. The molecule has 13 heavy (non-hydrogen) atoms. The molecule has 0 aliphatic carbocycles. The Hall–Kier alpha value is -0.700. The van der Waals surface area contributed by atoms with Gasteiger partial charge in [-0.25, -0.2) is 0 Å². The summed E-state index contributed by atoms with van der Waals surface area (Å²) in [5, 5.41) is 3.38. The zero-order valence-electron chi connectivity index (χ0n) is 8.90. The maximum atomic E-state index is 5.22. The van der Waals surface area contributed by atoms with Crippen molar-refractivity contribution >= 4 is 0 Å². The molecule has 0 amide bonds. The molecule has 0 atom stereocenters. The first-order valence-corrected chi connectivity index (χ1v) is 5.24. The number of hydrogen-bond donors (Lipinski definition) is 3. The van der Waals surface area contributed by atoms with Crippen molar-refractivity contribution < 1.29 is 0 Å². The van der Waals surface area contributed by atoms with Gasteiger partial charge in [-0.05, 0) is 12.8 Å². The van der Waals surface area contributed by atoms with Gasteiger partial charge in [0.05, 0.1) is 0 Å². The SMILES string of the molecule is CCCCCN/C(=C\NN)CCC. The number of rotatable bonds is 8. The summed E-state index contributed by atoms with van der Waals surface area (Å²) in [5.41, 5.74) is 3.78. The largest absolute Gasteiger partial charge is 0.387 e. The van der Waals surface area contributed by atoms with E-state index in [-0.39, 0.29) is 0 Å². The Morgan fingerprint density at radius 2 is 2.00 bits per heavy atom. The molecule has 0 aliphatic rings. The van der Waals surface area contributed by atoms with Gasteiger partial charge in [0, 0.05) is 18.4 Å². The highest BCUT2D eigenvalue weighted by Gasteiger charge is 1.93. The Morgan fingerprint density at radius 1 is 1.23 bits per heavy atom. The number of allylic oxidation sites excluding steroid dienone is 1. The summed E-state index contributed by atoms with van der Waals surface area (Å²) in [4.78, 5) is 0. The van der Waals surface area contributed by atoms with Gasteiger partial charge in [-0.1, -0.05) is 33.1 Å². The summed E-state index contributed by atoms with van der Waals surface area (Å²) in [6.45, 7) is 5.43. The first-order valence-electron chi connectivity index (χ1n) is 5.24. The maximum absolute atomic E-state index is 5.22. The van der Waals surface area contributed by atoms with Crippen LogP contribution in [0.25, 0.3) is 0 Å². The fourth-order valence-corrected chi connectivity index (χ4v) is 1.21. The van der Waals surface area contributed by atoms with Crippen LogP contribution in [0.2, 0.25) is 0 Å². The van der Waals surface area contributed by atoms with Gasteiger partial charge in [-0.2, -0.15) is 0 Å². The third kappa shape index (κ3) is 7.65. The van der Waals surface area contributed by atoms with Gasteiger partial charge in [0.15, 0.2) is 0 Å². The zero-order chi connectivity index (χ0) is 9.94. The zero-order valence-corrected chi connectivity index (χ0v) is 8.90. The highest BCUT2D eigenvalue weighted by atomic mass is 15.2. The minimum absolute atomic E-state index is 1.06. The molecule has 0 fully saturated rings. The molecule has 3 nitrogen and oxygen atoms in total. The number of nitrogens with two attached hydrogens (primary N) is 1. The van der Waals surface area contributed by atoms with Crippen molar-refractivity contribution in [1.29, 1.82) is 0 Å². The molecule has 0 unspecified atom stereocenters. The van der Waals surface area contributed by atoms with Crippen molar-refractivity contribution in [1.82, 2.24) is 10.7 Å². The Labute approximate surface area is 81.7 Å². The molecule has 0 aromatic carbocycles. The van der Waals surface area contributed by atoms with Gasteiger partial charge in [0.25, 0.3) is 0 Å². The van der Waals surface area contributed by atoms with Crippen LogP contribution in [0.5, 0.6) is 0 Å². The van der Waals surface area contributed by atoms with E-state index < -0.39 is 0 Å². The van der Waals surface area contributed by atoms with E-state index in [2.05, 4.69) is 24.6 Å². The molecular formula is C10H23N3. The molecule has 0 aliphatic heterocycles. The van der Waals surface area contributed by atoms with Crippen molar-refractivity contribution in [2.75, 3.05) is 6.54 Å². The minimum atomic E-state index is 1.06. The molecule has 0 bridgehead atoms. The summed E-state index contributed by atoms with van der Waals surface area (Å²) in [6.07, 6.45) is 7.86. The second-order valence-corrected chi connectivity index (χ2v) is 3.22. The molecule has 0 spiro atoms. The third-order valence-corrected chi connectivity index (χ3v) is 1.91. The molecule has 3 heteroatoms. The van der Waals surface area contributed by atoms with Gasteiger partial charge in [-0.3, -0.25) is 5.84 Å². The van der Waals surface area contributed by atoms with Gasteiger partial charge in [0.1, 0.15) is 0 Å². The molecule has 0 heterocycles. The summed E-state index contributed by atoms with van der Waals surface area (Å²) in [6, 6.07) is 0. The van der Waals surface area contributed by atoms with Crippen LogP contribution in [0.1, 0.15) is 46.0 Å². The maximum Gasteiger partial charge on any atom is 0.0312 e. The van der Waals surface area contributed by atoms with Crippen LogP contribution in [0.15, 0.2) is 11.9 Å². The highest BCUT2D eigenvalue weighted by Crippen LogP contribution is 2.00. The van der Waals surface area contributed by atoms with Gasteiger partial charge in [-0.15, -0.1) is 0 Å². The van der Waals surface area contributed by atoms with Crippen molar-refractivity contribution in [3.63, 3.8) is 0 Å². The Kier molecular flexibility index (Phi) is 8.88. The van der Waals surface area contributed by atoms with Crippen LogP contribution < -0.4 is 16.6 Å². The standard InChI is InChI=1S/C10H23N3/c1-3-5-6-8-12-10(7-4-2)9-13-11/h9,12-13H,3-8,11H2,1-2H3/b10-9-. The van der Waals surface area contributed by atoms with E-state index in [1.807, 2.05) is 6.20 Å². The monoisotopic (exact) mass is 185 g/mol. The molecule has 4 N–H and O–H groups in total. The smallest absolute Gasteiger partial charge is 0.0312 e. The van der Waals surface area contributed by atoms with Crippen molar-refractivity contribution in [2.24, 2.45) is 5.84 Å². The molecule has 78 valence electrons. The highest BCUT2D eigenvalue weighted by molar-refractivity contribution is 4.96. The number of nitrogens with one attached hydrogen (secondary N) is 2. The summed E-state index contributed by atoms with van der Waals surface area (Å²) < 4.78 is 0. The molecule has 0 radical (unpaired) electrons. The lowest BCUT2D eigenvalue weighted by Gasteiger charge is -2.09. The first-order chi connectivity index (χ1) is 6.35. The van der Waals surface area contributed by atoms with Crippen molar-refractivity contribution in [3.05, 3.63) is 11.9 Å². The number of unbranched alkanes of at least 4 members (excludes halogenated alkanes) is 2. The average Bonchev–Trinajstić information content (AvgIpc) is 2.13. The first kappa shape index (κ1) is 12.3. The Balaban J connectivity index is 3.51.